The summed E-state index contributed by atoms with van der Waals surface area (Å²) in [6.07, 6.45) is 1.53. The number of carbonyl (C=O) groups excluding carboxylic acids is 1. The van der Waals surface area contributed by atoms with Crippen LogP contribution in [0.2, 0.25) is 0 Å². The first-order valence-electron chi connectivity index (χ1n) is 9.32. The van der Waals surface area contributed by atoms with Crippen LogP contribution >= 0.6 is 0 Å². The molecule has 9 nitrogen and oxygen atoms in total. The van der Waals surface area contributed by atoms with Gasteiger partial charge < -0.3 is 4.42 Å². The van der Waals surface area contributed by atoms with Crippen molar-refractivity contribution in [1.82, 2.24) is 10.2 Å². The summed E-state index contributed by atoms with van der Waals surface area (Å²) < 4.78 is 52.8. The normalized spacial score (nSPS) is 11.9. The second-order valence-corrected chi connectivity index (χ2v) is 11.0. The van der Waals surface area contributed by atoms with E-state index in [1.807, 2.05) is 0 Å². The van der Waals surface area contributed by atoms with Gasteiger partial charge in [-0.05, 0) is 36.2 Å². The minimum Gasteiger partial charge on any atom is -0.407 e. The molecule has 164 valence electrons. The van der Waals surface area contributed by atoms with Gasteiger partial charge in [0.2, 0.25) is 11.8 Å². The van der Waals surface area contributed by atoms with Crippen LogP contribution in [-0.4, -0.2) is 44.9 Å². The van der Waals surface area contributed by atoms with E-state index in [4.69, 9.17) is 4.42 Å². The number of aromatic nitrogens is 2. The molecule has 0 aliphatic carbocycles. The number of carbonyl (C=O) groups is 1. The molecule has 0 unspecified atom stereocenters. The third-order valence-corrected chi connectivity index (χ3v) is 7.28. The van der Waals surface area contributed by atoms with Gasteiger partial charge in [-0.15, -0.1) is 5.10 Å². The summed E-state index contributed by atoms with van der Waals surface area (Å²) in [7, 11) is -6.71. The van der Waals surface area contributed by atoms with Gasteiger partial charge in [0.25, 0.3) is 0 Å². The summed E-state index contributed by atoms with van der Waals surface area (Å²) in [4.78, 5) is 12.5. The van der Waals surface area contributed by atoms with Crippen molar-refractivity contribution in [1.29, 1.82) is 0 Å². The Hall–Kier alpha value is -3.05. The molecule has 1 aromatic heterocycles. The van der Waals surface area contributed by atoms with E-state index >= 15 is 0 Å². The van der Waals surface area contributed by atoms with Crippen LogP contribution in [0.3, 0.4) is 0 Å². The van der Waals surface area contributed by atoms with Crippen molar-refractivity contribution in [3.8, 4) is 0 Å². The van der Waals surface area contributed by atoms with Crippen molar-refractivity contribution in [3.63, 3.8) is 0 Å². The first-order chi connectivity index (χ1) is 14.6. The van der Waals surface area contributed by atoms with E-state index in [-0.39, 0.29) is 46.7 Å². The fourth-order valence-electron chi connectivity index (χ4n) is 2.75. The minimum atomic E-state index is -3.44. The Kier molecular flexibility index (Phi) is 6.86. The van der Waals surface area contributed by atoms with E-state index in [9.17, 15) is 21.6 Å². The largest absolute Gasteiger partial charge is 0.407 e. The van der Waals surface area contributed by atoms with E-state index in [1.54, 1.807) is 30.3 Å². The summed E-state index contributed by atoms with van der Waals surface area (Å²) in [6, 6.07) is 14.3. The highest BCUT2D eigenvalue weighted by Gasteiger charge is 2.16. The molecule has 0 saturated heterocycles. The number of amides is 1. The highest BCUT2D eigenvalue weighted by molar-refractivity contribution is 7.91. The van der Waals surface area contributed by atoms with Gasteiger partial charge in [0.05, 0.1) is 22.0 Å². The lowest BCUT2D eigenvalue weighted by molar-refractivity contribution is -0.116. The number of nitrogens with one attached hydrogen (secondary N) is 1. The molecule has 1 amide bonds. The number of anilines is 1. The monoisotopic (exact) mass is 463 g/mol. The highest BCUT2D eigenvalue weighted by Crippen LogP contribution is 2.16. The van der Waals surface area contributed by atoms with Crippen molar-refractivity contribution in [3.05, 3.63) is 66.1 Å². The van der Waals surface area contributed by atoms with Crippen LogP contribution < -0.4 is 5.32 Å². The molecule has 0 bridgehead atoms. The van der Waals surface area contributed by atoms with Crippen LogP contribution in [-0.2, 0) is 30.9 Å². The SMILES string of the molecule is CS(=O)(=O)c1ccc(Cc2nnc(NC(=O)CCCS(=O)(=O)c3ccccc3)o2)cc1. The van der Waals surface area contributed by atoms with E-state index in [2.05, 4.69) is 15.5 Å². The van der Waals surface area contributed by atoms with Gasteiger partial charge in [0, 0.05) is 12.7 Å². The maximum Gasteiger partial charge on any atom is 0.322 e. The van der Waals surface area contributed by atoms with E-state index in [0.717, 1.165) is 11.8 Å². The number of rotatable bonds is 9. The van der Waals surface area contributed by atoms with E-state index < -0.39 is 25.6 Å². The molecule has 0 aliphatic heterocycles. The average Bonchev–Trinajstić information content (AvgIpc) is 3.15. The summed E-state index contributed by atoms with van der Waals surface area (Å²) in [5, 5.41) is 10.1. The molecule has 1 N–H and O–H groups in total. The van der Waals surface area contributed by atoms with Crippen LogP contribution in [0.5, 0.6) is 0 Å². The van der Waals surface area contributed by atoms with E-state index in [0.29, 0.717) is 0 Å². The van der Waals surface area contributed by atoms with E-state index in [1.165, 1.54) is 24.3 Å². The molecule has 0 aliphatic rings. The Morgan fingerprint density at radius 3 is 2.26 bits per heavy atom. The maximum atomic E-state index is 12.2. The summed E-state index contributed by atoms with van der Waals surface area (Å²) >= 11 is 0. The van der Waals surface area contributed by atoms with Gasteiger partial charge in [0.1, 0.15) is 0 Å². The smallest absolute Gasteiger partial charge is 0.322 e. The zero-order chi connectivity index (χ0) is 22.5. The fourth-order valence-corrected chi connectivity index (χ4v) is 4.72. The molecular weight excluding hydrogens is 442 g/mol. The number of hydrogen-bond acceptors (Lipinski definition) is 8. The fraction of sp³-hybridized carbons (Fsp3) is 0.250. The molecule has 3 aromatic rings. The van der Waals surface area contributed by atoms with Gasteiger partial charge in [-0.1, -0.05) is 35.4 Å². The van der Waals surface area contributed by atoms with Crippen molar-refractivity contribution in [2.75, 3.05) is 17.3 Å². The average molecular weight is 464 g/mol. The molecule has 0 fully saturated rings. The summed E-state index contributed by atoms with van der Waals surface area (Å²) in [5.41, 5.74) is 0.764. The van der Waals surface area contributed by atoms with Gasteiger partial charge in [-0.3, -0.25) is 10.1 Å². The molecule has 0 radical (unpaired) electrons. The third kappa shape index (κ3) is 6.46. The molecule has 0 spiro atoms. The molecule has 1 heterocycles. The quantitative estimate of drug-likeness (QED) is 0.510. The molecular formula is C20H21N3O6S2. The second kappa shape index (κ2) is 9.40. The Morgan fingerprint density at radius 2 is 1.61 bits per heavy atom. The van der Waals surface area contributed by atoms with Gasteiger partial charge in [-0.25, -0.2) is 16.8 Å². The molecule has 31 heavy (non-hydrogen) atoms. The lowest BCUT2D eigenvalue weighted by atomic mass is 10.1. The number of sulfone groups is 2. The third-order valence-electron chi connectivity index (χ3n) is 4.34. The molecule has 3 rings (SSSR count). The Balaban J connectivity index is 1.50. The van der Waals surface area contributed by atoms with Crippen molar-refractivity contribution in [2.45, 2.75) is 29.1 Å². The summed E-state index contributed by atoms with van der Waals surface area (Å²) in [6.45, 7) is 0. The standard InChI is InChI=1S/C20H21N3O6S2/c1-30(25,26)16-11-9-15(10-12-16)14-19-22-23-20(29-19)21-18(24)8-5-13-31(27,28)17-6-3-2-4-7-17/h2-4,6-7,9-12H,5,8,13-14H2,1H3,(H,21,23,24). The van der Waals surface area contributed by atoms with Crippen molar-refractivity contribution in [2.24, 2.45) is 0 Å². The van der Waals surface area contributed by atoms with Gasteiger partial charge >= 0.3 is 6.01 Å². The van der Waals surface area contributed by atoms with Crippen molar-refractivity contribution >= 4 is 31.6 Å². The van der Waals surface area contributed by atoms with Gasteiger partial charge in [-0.2, -0.15) is 0 Å². The topological polar surface area (TPSA) is 136 Å². The van der Waals surface area contributed by atoms with Crippen LogP contribution in [0.1, 0.15) is 24.3 Å². The zero-order valence-corrected chi connectivity index (χ0v) is 18.3. The Bertz CT molecular complexity index is 1250. The lowest BCUT2D eigenvalue weighted by Gasteiger charge is -2.04. The van der Waals surface area contributed by atoms with Crippen LogP contribution in [0.4, 0.5) is 6.01 Å². The number of nitrogens with zero attached hydrogens (tertiary/aromatic N) is 2. The van der Waals surface area contributed by atoms with Crippen LogP contribution in [0, 0.1) is 0 Å². The number of hydrogen-bond donors (Lipinski definition) is 1. The highest BCUT2D eigenvalue weighted by atomic mass is 32.2. The number of benzene rings is 2. The van der Waals surface area contributed by atoms with Crippen molar-refractivity contribution < 1.29 is 26.0 Å². The lowest BCUT2D eigenvalue weighted by Crippen LogP contribution is -2.14. The molecule has 0 atom stereocenters. The van der Waals surface area contributed by atoms with Crippen LogP contribution in [0.15, 0.2) is 68.8 Å². The molecule has 2 aromatic carbocycles. The predicted octanol–water partition coefficient (Wildman–Crippen LogP) is 2.26. The maximum absolute atomic E-state index is 12.2. The summed E-state index contributed by atoms with van der Waals surface area (Å²) in [5.74, 6) is -0.340. The van der Waals surface area contributed by atoms with Crippen LogP contribution in [0.25, 0.3) is 0 Å². The first-order valence-corrected chi connectivity index (χ1v) is 12.9. The minimum absolute atomic E-state index is 0.0171. The Morgan fingerprint density at radius 1 is 0.935 bits per heavy atom. The predicted molar refractivity (Wildman–Crippen MR) is 113 cm³/mol. The van der Waals surface area contributed by atoms with Gasteiger partial charge in [0.15, 0.2) is 19.7 Å². The Labute approximate surface area is 180 Å². The second-order valence-electron chi connectivity index (χ2n) is 6.88. The first kappa shape index (κ1) is 22.6. The molecule has 11 heteroatoms. The molecule has 0 saturated carbocycles. The zero-order valence-electron chi connectivity index (χ0n) is 16.7.